The van der Waals surface area contributed by atoms with Crippen molar-refractivity contribution >= 4 is 11.6 Å². The first-order valence-electron chi connectivity index (χ1n) is 7.10. The van der Waals surface area contributed by atoms with Gasteiger partial charge in [0, 0.05) is 25.0 Å². The Morgan fingerprint density at radius 1 is 1.47 bits per heavy atom. The van der Waals surface area contributed by atoms with Crippen LogP contribution in [-0.4, -0.2) is 24.0 Å². The summed E-state index contributed by atoms with van der Waals surface area (Å²) in [6, 6.07) is 3.92. The number of nitrogens with zero attached hydrogens (tertiary/aromatic N) is 1. The number of carbonyl (C=O) groups is 1. The quantitative estimate of drug-likeness (QED) is 0.876. The number of nitrogens with one attached hydrogen (secondary N) is 2. The summed E-state index contributed by atoms with van der Waals surface area (Å²) in [5, 5.41) is 6.15. The Balaban J connectivity index is 2.01. The number of hydrogen-bond acceptors (Lipinski definition) is 3. The molecule has 19 heavy (non-hydrogen) atoms. The van der Waals surface area contributed by atoms with Crippen LogP contribution in [0, 0.1) is 11.8 Å². The number of amides is 1. The van der Waals surface area contributed by atoms with Crippen molar-refractivity contribution in [2.45, 2.75) is 39.2 Å². The fourth-order valence-corrected chi connectivity index (χ4v) is 2.98. The predicted octanol–water partition coefficient (Wildman–Crippen LogP) is 2.68. The lowest BCUT2D eigenvalue weighted by Gasteiger charge is -2.20. The van der Waals surface area contributed by atoms with Gasteiger partial charge < -0.3 is 10.6 Å². The number of carbonyl (C=O) groups excluding carboxylic acids is 1. The molecule has 1 aliphatic rings. The Morgan fingerprint density at radius 3 is 2.89 bits per heavy atom. The Hall–Kier alpha value is -1.58. The van der Waals surface area contributed by atoms with Gasteiger partial charge in [-0.2, -0.15) is 0 Å². The summed E-state index contributed by atoms with van der Waals surface area (Å²) >= 11 is 0. The van der Waals surface area contributed by atoms with E-state index in [-0.39, 0.29) is 11.9 Å². The molecular formula is C15H23N3O. The van der Waals surface area contributed by atoms with Crippen molar-refractivity contribution in [3.05, 3.63) is 24.0 Å². The molecule has 1 saturated carbocycles. The van der Waals surface area contributed by atoms with Crippen molar-refractivity contribution < 1.29 is 4.79 Å². The summed E-state index contributed by atoms with van der Waals surface area (Å²) in [5.41, 5.74) is 1.39. The van der Waals surface area contributed by atoms with Gasteiger partial charge in [0.15, 0.2) is 0 Å². The van der Waals surface area contributed by atoms with E-state index >= 15 is 0 Å². The second-order valence-electron chi connectivity index (χ2n) is 5.36. The highest BCUT2D eigenvalue weighted by atomic mass is 16.1. The van der Waals surface area contributed by atoms with Gasteiger partial charge >= 0.3 is 0 Å². The maximum absolute atomic E-state index is 12.2. The second kappa shape index (κ2) is 6.04. The summed E-state index contributed by atoms with van der Waals surface area (Å²) < 4.78 is 0. The molecule has 0 spiro atoms. The van der Waals surface area contributed by atoms with Crippen molar-refractivity contribution in [3.8, 4) is 0 Å². The van der Waals surface area contributed by atoms with E-state index in [9.17, 15) is 4.79 Å². The van der Waals surface area contributed by atoms with Gasteiger partial charge in [-0.15, -0.1) is 0 Å². The highest BCUT2D eigenvalue weighted by molar-refractivity contribution is 5.93. The zero-order valence-electron chi connectivity index (χ0n) is 11.9. The van der Waals surface area contributed by atoms with Crippen molar-refractivity contribution in [3.63, 3.8) is 0 Å². The normalized spacial score (nSPS) is 26.2. The molecule has 0 saturated heterocycles. The van der Waals surface area contributed by atoms with E-state index in [0.717, 1.165) is 18.0 Å². The van der Waals surface area contributed by atoms with Crippen LogP contribution in [0.4, 0.5) is 5.69 Å². The number of anilines is 1. The van der Waals surface area contributed by atoms with E-state index in [4.69, 9.17) is 0 Å². The molecule has 1 aromatic rings. The molecule has 104 valence electrons. The second-order valence-corrected chi connectivity index (χ2v) is 5.36. The third-order valence-electron chi connectivity index (χ3n) is 4.35. The van der Waals surface area contributed by atoms with E-state index in [1.165, 1.54) is 12.8 Å². The van der Waals surface area contributed by atoms with Crippen LogP contribution in [0.3, 0.4) is 0 Å². The molecule has 1 aliphatic carbocycles. The van der Waals surface area contributed by atoms with E-state index in [0.29, 0.717) is 11.6 Å². The third kappa shape index (κ3) is 3.06. The minimum atomic E-state index is -0.0642. The van der Waals surface area contributed by atoms with Crippen LogP contribution in [-0.2, 0) is 0 Å². The number of hydrogen-bond donors (Lipinski definition) is 2. The molecule has 0 aliphatic heterocycles. The summed E-state index contributed by atoms with van der Waals surface area (Å²) in [7, 11) is 1.84. The van der Waals surface area contributed by atoms with Gasteiger partial charge in [-0.1, -0.05) is 20.3 Å². The molecule has 1 amide bonds. The summed E-state index contributed by atoms with van der Waals surface area (Å²) in [6.45, 7) is 4.47. The molecular weight excluding hydrogens is 238 g/mol. The highest BCUT2D eigenvalue weighted by Crippen LogP contribution is 2.33. The third-order valence-corrected chi connectivity index (χ3v) is 4.35. The number of pyridine rings is 1. The minimum absolute atomic E-state index is 0.0642. The Morgan fingerprint density at radius 2 is 2.26 bits per heavy atom. The number of rotatable bonds is 4. The molecule has 3 unspecified atom stereocenters. The zero-order valence-corrected chi connectivity index (χ0v) is 11.9. The van der Waals surface area contributed by atoms with Gasteiger partial charge in [-0.25, -0.2) is 0 Å². The molecule has 0 aromatic carbocycles. The van der Waals surface area contributed by atoms with Gasteiger partial charge in [0.05, 0.1) is 0 Å². The maximum atomic E-state index is 12.2. The van der Waals surface area contributed by atoms with Crippen molar-refractivity contribution in [2.75, 3.05) is 12.4 Å². The van der Waals surface area contributed by atoms with Crippen LogP contribution in [0.15, 0.2) is 18.3 Å². The van der Waals surface area contributed by atoms with Crippen molar-refractivity contribution in [1.29, 1.82) is 0 Å². The largest absolute Gasteiger partial charge is 0.388 e. The Kier molecular flexibility index (Phi) is 4.40. The van der Waals surface area contributed by atoms with Crippen LogP contribution in [0.25, 0.3) is 0 Å². The fraction of sp³-hybridized carbons (Fsp3) is 0.600. The fourth-order valence-electron chi connectivity index (χ4n) is 2.98. The molecule has 1 heterocycles. The van der Waals surface area contributed by atoms with E-state index in [1.54, 1.807) is 12.3 Å². The van der Waals surface area contributed by atoms with Crippen molar-refractivity contribution in [1.82, 2.24) is 10.3 Å². The first-order valence-corrected chi connectivity index (χ1v) is 7.10. The lowest BCUT2D eigenvalue weighted by Crippen LogP contribution is -2.37. The smallest absolute Gasteiger partial charge is 0.270 e. The topological polar surface area (TPSA) is 54.0 Å². The van der Waals surface area contributed by atoms with Gasteiger partial charge in [0.1, 0.15) is 5.69 Å². The standard InChI is InChI=1S/C15H23N3O/c1-4-11-5-6-13(10(11)2)18-15(19)14-9-12(16-3)7-8-17-14/h7-11,13H,4-6H2,1-3H3,(H,16,17)(H,18,19). The average molecular weight is 261 g/mol. The summed E-state index contributed by atoms with van der Waals surface area (Å²) in [4.78, 5) is 16.3. The van der Waals surface area contributed by atoms with E-state index in [1.807, 2.05) is 13.1 Å². The maximum Gasteiger partial charge on any atom is 0.270 e. The molecule has 0 radical (unpaired) electrons. The van der Waals surface area contributed by atoms with Crippen LogP contribution in [0.1, 0.15) is 43.6 Å². The Labute approximate surface area is 115 Å². The highest BCUT2D eigenvalue weighted by Gasteiger charge is 2.32. The molecule has 3 atom stereocenters. The molecule has 2 N–H and O–H groups in total. The molecule has 4 nitrogen and oxygen atoms in total. The van der Waals surface area contributed by atoms with Crippen LogP contribution < -0.4 is 10.6 Å². The Bertz CT molecular complexity index is 447. The molecule has 2 rings (SSSR count). The summed E-state index contributed by atoms with van der Waals surface area (Å²) in [6.07, 6.45) is 5.15. The van der Waals surface area contributed by atoms with Gasteiger partial charge in [-0.3, -0.25) is 9.78 Å². The summed E-state index contributed by atoms with van der Waals surface area (Å²) in [5.74, 6) is 1.23. The van der Waals surface area contributed by atoms with Crippen LogP contribution in [0.5, 0.6) is 0 Å². The molecule has 1 aromatic heterocycles. The minimum Gasteiger partial charge on any atom is -0.388 e. The first kappa shape index (κ1) is 13.8. The van der Waals surface area contributed by atoms with E-state index < -0.39 is 0 Å². The van der Waals surface area contributed by atoms with Crippen LogP contribution in [0.2, 0.25) is 0 Å². The van der Waals surface area contributed by atoms with Crippen molar-refractivity contribution in [2.24, 2.45) is 11.8 Å². The molecule has 0 bridgehead atoms. The lowest BCUT2D eigenvalue weighted by atomic mass is 9.93. The number of aromatic nitrogens is 1. The van der Waals surface area contributed by atoms with E-state index in [2.05, 4.69) is 29.5 Å². The predicted molar refractivity (Wildman–Crippen MR) is 77.2 cm³/mol. The van der Waals surface area contributed by atoms with Crippen LogP contribution >= 0.6 is 0 Å². The van der Waals surface area contributed by atoms with Gasteiger partial charge in [0.2, 0.25) is 0 Å². The first-order chi connectivity index (χ1) is 9.15. The SMILES string of the molecule is CCC1CCC(NC(=O)c2cc(NC)ccn2)C1C. The average Bonchev–Trinajstić information content (AvgIpc) is 2.79. The van der Waals surface area contributed by atoms with Gasteiger partial charge in [0.25, 0.3) is 5.91 Å². The molecule has 4 heteroatoms. The molecule has 1 fully saturated rings. The van der Waals surface area contributed by atoms with Gasteiger partial charge in [-0.05, 0) is 36.8 Å². The zero-order chi connectivity index (χ0) is 13.8. The monoisotopic (exact) mass is 261 g/mol. The lowest BCUT2D eigenvalue weighted by molar-refractivity contribution is 0.0921.